The number of hydrogen-bond donors (Lipinski definition) is 1. The number of ether oxygens (including phenoxy) is 1. The fourth-order valence-electron chi connectivity index (χ4n) is 2.32. The molecule has 6 nitrogen and oxygen atoms in total. The molecule has 112 valence electrons. The summed E-state index contributed by atoms with van der Waals surface area (Å²) in [6.07, 6.45) is 4.95. The zero-order chi connectivity index (χ0) is 15.6. The number of benzene rings is 2. The van der Waals surface area contributed by atoms with Gasteiger partial charge in [-0.1, -0.05) is 18.2 Å². The third-order valence-corrected chi connectivity index (χ3v) is 3.44. The summed E-state index contributed by atoms with van der Waals surface area (Å²) in [5, 5.41) is 5.23. The van der Waals surface area contributed by atoms with Crippen molar-refractivity contribution in [3.63, 3.8) is 0 Å². The predicted octanol–water partition coefficient (Wildman–Crippen LogP) is 3.19. The van der Waals surface area contributed by atoms with Gasteiger partial charge in [0.15, 0.2) is 11.4 Å². The van der Waals surface area contributed by atoms with Crippen molar-refractivity contribution in [1.82, 2.24) is 19.7 Å². The lowest BCUT2D eigenvalue weighted by Crippen LogP contribution is -2.00. The largest absolute Gasteiger partial charge is 0.455 e. The molecule has 0 amide bonds. The van der Waals surface area contributed by atoms with Gasteiger partial charge in [-0.2, -0.15) is 5.10 Å². The van der Waals surface area contributed by atoms with E-state index in [4.69, 9.17) is 10.5 Å². The van der Waals surface area contributed by atoms with Crippen LogP contribution in [-0.2, 0) is 0 Å². The Morgan fingerprint density at radius 3 is 2.74 bits per heavy atom. The Balaban J connectivity index is 1.77. The van der Waals surface area contributed by atoms with Crippen LogP contribution in [0.4, 0.5) is 5.69 Å². The van der Waals surface area contributed by atoms with Crippen molar-refractivity contribution in [2.24, 2.45) is 0 Å². The number of nitrogens with zero attached hydrogens (tertiary/aromatic N) is 4. The average molecular weight is 303 g/mol. The molecule has 0 saturated carbocycles. The van der Waals surface area contributed by atoms with Crippen LogP contribution >= 0.6 is 0 Å². The van der Waals surface area contributed by atoms with Crippen LogP contribution in [0.5, 0.6) is 11.5 Å². The molecule has 0 aliphatic carbocycles. The van der Waals surface area contributed by atoms with Crippen molar-refractivity contribution >= 4 is 16.7 Å². The van der Waals surface area contributed by atoms with E-state index in [0.29, 0.717) is 11.4 Å². The zero-order valence-corrected chi connectivity index (χ0v) is 12.1. The summed E-state index contributed by atoms with van der Waals surface area (Å²) in [7, 11) is 0. The van der Waals surface area contributed by atoms with Crippen molar-refractivity contribution in [2.45, 2.75) is 0 Å². The van der Waals surface area contributed by atoms with E-state index in [-0.39, 0.29) is 0 Å². The van der Waals surface area contributed by atoms with Gasteiger partial charge in [-0.15, -0.1) is 0 Å². The highest BCUT2D eigenvalue weighted by Gasteiger charge is 2.09. The molecule has 2 aromatic carbocycles. The summed E-state index contributed by atoms with van der Waals surface area (Å²) in [4.78, 5) is 8.27. The highest BCUT2D eigenvalue weighted by Crippen LogP contribution is 2.30. The van der Waals surface area contributed by atoms with Crippen LogP contribution in [0.1, 0.15) is 0 Å². The highest BCUT2D eigenvalue weighted by atomic mass is 16.5. The number of fused-ring (bicyclic) bond motifs is 1. The molecule has 0 atom stereocenters. The fourth-order valence-corrected chi connectivity index (χ4v) is 2.32. The van der Waals surface area contributed by atoms with E-state index in [1.165, 1.54) is 6.33 Å². The molecule has 0 radical (unpaired) electrons. The Hall–Kier alpha value is -3.41. The van der Waals surface area contributed by atoms with E-state index < -0.39 is 0 Å². The number of nitrogen functional groups attached to an aromatic ring is 1. The molecule has 0 saturated heterocycles. The summed E-state index contributed by atoms with van der Waals surface area (Å²) in [5.74, 6) is 1.30. The molecule has 23 heavy (non-hydrogen) atoms. The van der Waals surface area contributed by atoms with Gasteiger partial charge in [0.1, 0.15) is 12.1 Å². The van der Waals surface area contributed by atoms with Gasteiger partial charge >= 0.3 is 0 Å². The molecule has 6 heteroatoms. The Labute approximate surface area is 132 Å². The van der Waals surface area contributed by atoms with Crippen molar-refractivity contribution in [3.8, 4) is 17.2 Å². The van der Waals surface area contributed by atoms with E-state index >= 15 is 0 Å². The lowest BCUT2D eigenvalue weighted by molar-refractivity contribution is 0.484. The van der Waals surface area contributed by atoms with Crippen molar-refractivity contribution in [3.05, 3.63) is 67.3 Å². The minimum atomic E-state index is 0.559. The van der Waals surface area contributed by atoms with Crippen molar-refractivity contribution in [2.75, 3.05) is 5.73 Å². The van der Waals surface area contributed by atoms with Crippen LogP contribution in [-0.4, -0.2) is 19.7 Å². The molecule has 2 N–H and O–H groups in total. The molecule has 0 unspecified atom stereocenters. The summed E-state index contributed by atoms with van der Waals surface area (Å²) >= 11 is 0. The Morgan fingerprint density at radius 1 is 1.00 bits per heavy atom. The van der Waals surface area contributed by atoms with Gasteiger partial charge in [0, 0.05) is 12.3 Å². The second-order valence-electron chi connectivity index (χ2n) is 5.00. The Morgan fingerprint density at radius 2 is 1.87 bits per heavy atom. The van der Waals surface area contributed by atoms with E-state index in [1.807, 2.05) is 42.5 Å². The van der Waals surface area contributed by atoms with E-state index in [0.717, 1.165) is 22.5 Å². The molecular weight excluding hydrogens is 290 g/mol. The van der Waals surface area contributed by atoms with Crippen molar-refractivity contribution < 1.29 is 4.74 Å². The monoisotopic (exact) mass is 303 g/mol. The maximum absolute atomic E-state index is 6.02. The molecule has 0 bridgehead atoms. The summed E-state index contributed by atoms with van der Waals surface area (Å²) < 4.78 is 7.59. The maximum atomic E-state index is 6.02. The maximum Gasteiger partial charge on any atom is 0.166 e. The fraction of sp³-hybridized carbons (Fsp3) is 0. The molecule has 4 aromatic rings. The average Bonchev–Trinajstić information content (AvgIpc) is 3.02. The number of nitrogens with two attached hydrogens (primary N) is 1. The molecule has 0 aliphatic heterocycles. The first-order valence-corrected chi connectivity index (χ1v) is 7.08. The minimum Gasteiger partial charge on any atom is -0.455 e. The smallest absolute Gasteiger partial charge is 0.166 e. The highest BCUT2D eigenvalue weighted by molar-refractivity contribution is 5.75. The molecule has 0 fully saturated rings. The van der Waals surface area contributed by atoms with Crippen LogP contribution in [0, 0.1) is 0 Å². The Bertz CT molecular complexity index is 965. The van der Waals surface area contributed by atoms with Crippen LogP contribution in [0.25, 0.3) is 16.7 Å². The number of para-hydroxylation sites is 1. The van der Waals surface area contributed by atoms with E-state index in [1.54, 1.807) is 23.1 Å². The predicted molar refractivity (Wildman–Crippen MR) is 87.6 cm³/mol. The first kappa shape index (κ1) is 13.3. The molecule has 4 rings (SSSR count). The van der Waals surface area contributed by atoms with Gasteiger partial charge in [0.2, 0.25) is 0 Å². The van der Waals surface area contributed by atoms with Gasteiger partial charge in [-0.25, -0.2) is 14.6 Å². The van der Waals surface area contributed by atoms with Crippen molar-refractivity contribution in [1.29, 1.82) is 0 Å². The minimum absolute atomic E-state index is 0.559. The quantitative estimate of drug-likeness (QED) is 0.588. The summed E-state index contributed by atoms with van der Waals surface area (Å²) in [6, 6.07) is 15.0. The van der Waals surface area contributed by atoms with Crippen LogP contribution < -0.4 is 10.5 Å². The third kappa shape index (κ3) is 2.46. The summed E-state index contributed by atoms with van der Waals surface area (Å²) in [6.45, 7) is 0. The third-order valence-electron chi connectivity index (χ3n) is 3.44. The molecule has 2 heterocycles. The van der Waals surface area contributed by atoms with Crippen LogP contribution in [0.2, 0.25) is 0 Å². The molecular formula is C17H13N5O. The second-order valence-corrected chi connectivity index (χ2v) is 5.00. The number of hydrogen-bond acceptors (Lipinski definition) is 5. The first-order chi connectivity index (χ1) is 11.3. The summed E-state index contributed by atoms with van der Waals surface area (Å²) in [5.41, 5.74) is 8.13. The number of aromatic nitrogens is 4. The SMILES string of the molecule is Nc1ccc(-n2ncc3cncnc32)cc1Oc1ccccc1. The van der Waals surface area contributed by atoms with Crippen LogP contribution in [0.15, 0.2) is 67.3 Å². The van der Waals surface area contributed by atoms with Gasteiger partial charge in [0.05, 0.1) is 23.0 Å². The van der Waals surface area contributed by atoms with Gasteiger partial charge in [0.25, 0.3) is 0 Å². The number of anilines is 1. The standard InChI is InChI=1S/C17H13N5O/c18-15-7-6-13(8-16(15)23-14-4-2-1-3-5-14)22-17-12(10-21-22)9-19-11-20-17/h1-11H,18H2. The van der Waals surface area contributed by atoms with Gasteiger partial charge in [-0.3, -0.25) is 0 Å². The zero-order valence-electron chi connectivity index (χ0n) is 12.1. The number of rotatable bonds is 3. The van der Waals surface area contributed by atoms with Gasteiger partial charge < -0.3 is 10.5 Å². The molecule has 2 aromatic heterocycles. The van der Waals surface area contributed by atoms with E-state index in [2.05, 4.69) is 15.1 Å². The normalized spacial score (nSPS) is 10.8. The molecule has 0 aliphatic rings. The topological polar surface area (TPSA) is 78.9 Å². The first-order valence-electron chi connectivity index (χ1n) is 7.08. The second kappa shape index (κ2) is 5.42. The Kier molecular flexibility index (Phi) is 3.12. The lowest BCUT2D eigenvalue weighted by Gasteiger charge is -2.10. The molecule has 0 spiro atoms. The van der Waals surface area contributed by atoms with Crippen LogP contribution in [0.3, 0.4) is 0 Å². The van der Waals surface area contributed by atoms with Gasteiger partial charge in [-0.05, 0) is 24.3 Å². The van der Waals surface area contributed by atoms with E-state index in [9.17, 15) is 0 Å². The lowest BCUT2D eigenvalue weighted by atomic mass is 10.2.